The number of benzene rings is 2. The molecule has 0 aliphatic heterocycles. The standard InChI is InChI=1S/C19H23Cl2NO2/c1-3-22(4-2)12-11-18(23)14-5-8-16(9-6-14)24-19-10-7-15(20)13-17(19)21/h5-10,13,18,23H,3-4,11-12H2,1-2H3. The minimum atomic E-state index is -0.473. The molecule has 2 rings (SSSR count). The second-order valence-corrected chi connectivity index (χ2v) is 6.42. The first kappa shape index (κ1) is 19.1. The molecule has 130 valence electrons. The van der Waals surface area contributed by atoms with Gasteiger partial charge >= 0.3 is 0 Å². The fraction of sp³-hybridized carbons (Fsp3) is 0.368. The first-order valence-electron chi connectivity index (χ1n) is 8.16. The van der Waals surface area contributed by atoms with E-state index >= 15 is 0 Å². The Labute approximate surface area is 153 Å². The fourth-order valence-electron chi connectivity index (χ4n) is 2.45. The molecule has 1 atom stereocenters. The Bertz CT molecular complexity index is 642. The Morgan fingerprint density at radius 3 is 2.29 bits per heavy atom. The van der Waals surface area contributed by atoms with Gasteiger partial charge in [0.25, 0.3) is 0 Å². The van der Waals surface area contributed by atoms with Crippen molar-refractivity contribution in [2.24, 2.45) is 0 Å². The van der Waals surface area contributed by atoms with Gasteiger partial charge in [-0.25, -0.2) is 0 Å². The predicted molar refractivity (Wildman–Crippen MR) is 100 cm³/mol. The van der Waals surface area contributed by atoms with E-state index in [0.29, 0.717) is 28.0 Å². The predicted octanol–water partition coefficient (Wildman–Crippen LogP) is 5.55. The molecule has 0 radical (unpaired) electrons. The Morgan fingerprint density at radius 2 is 1.71 bits per heavy atom. The molecular formula is C19H23Cl2NO2. The smallest absolute Gasteiger partial charge is 0.146 e. The molecule has 0 aliphatic rings. The highest BCUT2D eigenvalue weighted by Gasteiger charge is 2.10. The van der Waals surface area contributed by atoms with Gasteiger partial charge in [0.05, 0.1) is 11.1 Å². The fourth-order valence-corrected chi connectivity index (χ4v) is 2.90. The quantitative estimate of drug-likeness (QED) is 0.663. The summed E-state index contributed by atoms with van der Waals surface area (Å²) >= 11 is 12.0. The average molecular weight is 368 g/mol. The molecule has 0 saturated carbocycles. The number of ether oxygens (including phenoxy) is 1. The first-order chi connectivity index (χ1) is 11.5. The zero-order valence-electron chi connectivity index (χ0n) is 14.0. The summed E-state index contributed by atoms with van der Waals surface area (Å²) in [4.78, 5) is 2.29. The first-order valence-corrected chi connectivity index (χ1v) is 8.92. The van der Waals surface area contributed by atoms with Crippen LogP contribution in [0.25, 0.3) is 0 Å². The van der Waals surface area contributed by atoms with Crippen molar-refractivity contribution in [2.75, 3.05) is 19.6 Å². The zero-order chi connectivity index (χ0) is 17.5. The lowest BCUT2D eigenvalue weighted by Crippen LogP contribution is -2.25. The van der Waals surface area contributed by atoms with Crippen LogP contribution in [0.15, 0.2) is 42.5 Å². The van der Waals surface area contributed by atoms with Crippen LogP contribution in [0.4, 0.5) is 0 Å². The van der Waals surface area contributed by atoms with Crippen LogP contribution in [0.5, 0.6) is 11.5 Å². The molecule has 2 aromatic rings. The van der Waals surface area contributed by atoms with Gasteiger partial charge in [-0.15, -0.1) is 0 Å². The second kappa shape index (κ2) is 9.28. The number of nitrogens with zero attached hydrogens (tertiary/aromatic N) is 1. The Kier molecular flexibility index (Phi) is 7.38. The SMILES string of the molecule is CCN(CC)CCC(O)c1ccc(Oc2ccc(Cl)cc2Cl)cc1. The van der Waals surface area contributed by atoms with Crippen molar-refractivity contribution in [2.45, 2.75) is 26.4 Å². The largest absolute Gasteiger partial charge is 0.456 e. The third-order valence-electron chi connectivity index (χ3n) is 4.00. The van der Waals surface area contributed by atoms with E-state index in [1.54, 1.807) is 18.2 Å². The summed E-state index contributed by atoms with van der Waals surface area (Å²) in [5, 5.41) is 11.3. The van der Waals surface area contributed by atoms with Crippen LogP contribution in [0.2, 0.25) is 10.0 Å². The molecule has 0 aliphatic carbocycles. The summed E-state index contributed by atoms with van der Waals surface area (Å²) < 4.78 is 5.75. The van der Waals surface area contributed by atoms with Crippen molar-refractivity contribution >= 4 is 23.2 Å². The van der Waals surface area contributed by atoms with Crippen LogP contribution in [0.1, 0.15) is 31.9 Å². The summed E-state index contributed by atoms with van der Waals surface area (Å²) in [7, 11) is 0. The van der Waals surface area contributed by atoms with Crippen LogP contribution in [-0.4, -0.2) is 29.6 Å². The second-order valence-electron chi connectivity index (χ2n) is 5.58. The van der Waals surface area contributed by atoms with Gasteiger partial charge in [0.15, 0.2) is 0 Å². The summed E-state index contributed by atoms with van der Waals surface area (Å²) in [5.74, 6) is 1.22. The molecule has 0 amide bonds. The maximum Gasteiger partial charge on any atom is 0.146 e. The number of aliphatic hydroxyl groups excluding tert-OH is 1. The molecule has 0 heterocycles. The molecular weight excluding hydrogens is 345 g/mol. The topological polar surface area (TPSA) is 32.7 Å². The van der Waals surface area contributed by atoms with E-state index < -0.39 is 6.10 Å². The maximum atomic E-state index is 10.3. The van der Waals surface area contributed by atoms with Crippen LogP contribution >= 0.6 is 23.2 Å². The maximum absolute atomic E-state index is 10.3. The summed E-state index contributed by atoms with van der Waals surface area (Å²) in [5.41, 5.74) is 0.886. The summed E-state index contributed by atoms with van der Waals surface area (Å²) in [6.45, 7) is 7.14. The van der Waals surface area contributed by atoms with Crippen LogP contribution < -0.4 is 4.74 Å². The highest BCUT2D eigenvalue weighted by Crippen LogP contribution is 2.32. The molecule has 1 unspecified atom stereocenters. The minimum Gasteiger partial charge on any atom is -0.456 e. The van der Waals surface area contributed by atoms with Crippen molar-refractivity contribution in [3.63, 3.8) is 0 Å². The number of halogens is 2. The molecule has 24 heavy (non-hydrogen) atoms. The molecule has 3 nitrogen and oxygen atoms in total. The normalized spacial score (nSPS) is 12.4. The molecule has 0 fully saturated rings. The number of rotatable bonds is 8. The van der Waals surface area contributed by atoms with Gasteiger partial charge in [-0.05, 0) is 55.4 Å². The molecule has 2 aromatic carbocycles. The third kappa shape index (κ3) is 5.38. The zero-order valence-corrected chi connectivity index (χ0v) is 15.5. The van der Waals surface area contributed by atoms with Gasteiger partial charge in [-0.2, -0.15) is 0 Å². The van der Waals surface area contributed by atoms with Crippen molar-refractivity contribution < 1.29 is 9.84 Å². The van der Waals surface area contributed by atoms with E-state index in [0.717, 1.165) is 25.2 Å². The third-order valence-corrected chi connectivity index (χ3v) is 4.53. The molecule has 0 bridgehead atoms. The number of hydrogen-bond acceptors (Lipinski definition) is 3. The van der Waals surface area contributed by atoms with Crippen LogP contribution in [0, 0.1) is 0 Å². The van der Waals surface area contributed by atoms with Gasteiger partial charge in [0, 0.05) is 11.6 Å². The summed E-state index contributed by atoms with van der Waals surface area (Å²) in [6, 6.07) is 12.5. The minimum absolute atomic E-state index is 0.464. The van der Waals surface area contributed by atoms with Crippen LogP contribution in [0.3, 0.4) is 0 Å². The number of aliphatic hydroxyl groups is 1. The highest BCUT2D eigenvalue weighted by molar-refractivity contribution is 6.35. The van der Waals surface area contributed by atoms with Crippen LogP contribution in [-0.2, 0) is 0 Å². The van der Waals surface area contributed by atoms with Crippen molar-refractivity contribution in [1.82, 2.24) is 4.90 Å². The molecule has 1 N–H and O–H groups in total. The molecule has 0 saturated heterocycles. The van der Waals surface area contributed by atoms with Gasteiger partial charge in [-0.3, -0.25) is 0 Å². The van der Waals surface area contributed by atoms with E-state index in [1.807, 2.05) is 24.3 Å². The van der Waals surface area contributed by atoms with E-state index in [2.05, 4.69) is 18.7 Å². The van der Waals surface area contributed by atoms with E-state index in [1.165, 1.54) is 0 Å². The van der Waals surface area contributed by atoms with Crippen molar-refractivity contribution in [3.8, 4) is 11.5 Å². The van der Waals surface area contributed by atoms with Crippen molar-refractivity contribution in [3.05, 3.63) is 58.1 Å². The lowest BCUT2D eigenvalue weighted by atomic mass is 10.1. The van der Waals surface area contributed by atoms with E-state index in [4.69, 9.17) is 27.9 Å². The number of hydrogen-bond donors (Lipinski definition) is 1. The summed E-state index contributed by atoms with van der Waals surface area (Å²) in [6.07, 6.45) is 0.240. The average Bonchev–Trinajstić information content (AvgIpc) is 2.59. The highest BCUT2D eigenvalue weighted by atomic mass is 35.5. The van der Waals surface area contributed by atoms with Gasteiger partial charge in [0.1, 0.15) is 11.5 Å². The van der Waals surface area contributed by atoms with E-state index in [-0.39, 0.29) is 0 Å². The lowest BCUT2D eigenvalue weighted by molar-refractivity contribution is 0.145. The Hall–Kier alpha value is -1.26. The Balaban J connectivity index is 1.97. The molecule has 0 aromatic heterocycles. The van der Waals surface area contributed by atoms with Gasteiger partial charge in [0.2, 0.25) is 0 Å². The molecule has 0 spiro atoms. The van der Waals surface area contributed by atoms with E-state index in [9.17, 15) is 5.11 Å². The monoisotopic (exact) mass is 367 g/mol. The van der Waals surface area contributed by atoms with Gasteiger partial charge in [-0.1, -0.05) is 49.2 Å². The molecule has 5 heteroatoms. The Morgan fingerprint density at radius 1 is 1.04 bits per heavy atom. The van der Waals surface area contributed by atoms with Gasteiger partial charge < -0.3 is 14.7 Å². The lowest BCUT2D eigenvalue weighted by Gasteiger charge is -2.20. The van der Waals surface area contributed by atoms with Crippen molar-refractivity contribution in [1.29, 1.82) is 0 Å².